The summed E-state index contributed by atoms with van der Waals surface area (Å²) in [7, 11) is -3.54. The summed E-state index contributed by atoms with van der Waals surface area (Å²) in [5, 5.41) is 4.40. The molecule has 2 aromatic heterocycles. The second-order valence-corrected chi connectivity index (χ2v) is 9.29. The summed E-state index contributed by atoms with van der Waals surface area (Å²) in [5.74, 6) is 1.63. The molecule has 0 aliphatic carbocycles. The van der Waals surface area contributed by atoms with Gasteiger partial charge in [0.15, 0.2) is 0 Å². The molecule has 0 saturated carbocycles. The van der Waals surface area contributed by atoms with Crippen LogP contribution in [0.25, 0.3) is 0 Å². The number of rotatable bonds is 4. The van der Waals surface area contributed by atoms with Gasteiger partial charge in [-0.05, 0) is 41.0 Å². The highest BCUT2D eigenvalue weighted by atomic mass is 32.2. The number of nitrogens with zero attached hydrogens (tertiary/aromatic N) is 6. The monoisotopic (exact) mass is 390 g/mol. The quantitative estimate of drug-likeness (QED) is 0.788. The second-order valence-electron chi connectivity index (χ2n) is 7.51. The minimum atomic E-state index is -3.54. The van der Waals surface area contributed by atoms with Crippen molar-refractivity contribution in [2.75, 3.05) is 18.0 Å². The molecular formula is C18H26N6O2S. The van der Waals surface area contributed by atoms with E-state index in [0.29, 0.717) is 30.2 Å². The van der Waals surface area contributed by atoms with Crippen molar-refractivity contribution < 1.29 is 8.42 Å². The Kier molecular flexibility index (Phi) is 4.27. The molecule has 0 N–H and O–H groups in total. The van der Waals surface area contributed by atoms with Gasteiger partial charge in [-0.3, -0.25) is 4.68 Å². The SMILES string of the molecule is CCn1nc(C)c(S(=O)(=O)N2C3CC2CN(c2cc(C)nc(C)n2)C3)c1C. The summed E-state index contributed by atoms with van der Waals surface area (Å²) in [6, 6.07) is 1.93. The molecule has 2 bridgehead atoms. The fourth-order valence-electron chi connectivity index (χ4n) is 4.48. The number of hydrogen-bond acceptors (Lipinski definition) is 6. The molecule has 3 aliphatic heterocycles. The van der Waals surface area contributed by atoms with E-state index in [4.69, 9.17) is 0 Å². The molecule has 2 unspecified atom stereocenters. The van der Waals surface area contributed by atoms with Gasteiger partial charge in [0.2, 0.25) is 10.0 Å². The molecule has 0 aromatic carbocycles. The number of hydrogen-bond donors (Lipinski definition) is 0. The van der Waals surface area contributed by atoms with Gasteiger partial charge in [0.25, 0.3) is 0 Å². The second kappa shape index (κ2) is 6.27. The van der Waals surface area contributed by atoms with Gasteiger partial charge in [-0.15, -0.1) is 0 Å². The Morgan fingerprint density at radius 2 is 1.78 bits per heavy atom. The summed E-state index contributed by atoms with van der Waals surface area (Å²) in [5.41, 5.74) is 2.23. The Labute approximate surface area is 160 Å². The largest absolute Gasteiger partial charge is 0.353 e. The summed E-state index contributed by atoms with van der Waals surface area (Å²) in [6.45, 7) is 11.4. The average Bonchev–Trinajstić information content (AvgIpc) is 2.88. The van der Waals surface area contributed by atoms with Gasteiger partial charge in [0.1, 0.15) is 16.5 Å². The van der Waals surface area contributed by atoms with Crippen LogP contribution in [0.5, 0.6) is 0 Å². The van der Waals surface area contributed by atoms with Gasteiger partial charge in [-0.2, -0.15) is 9.40 Å². The molecule has 0 radical (unpaired) electrons. The predicted molar refractivity (Wildman–Crippen MR) is 102 cm³/mol. The predicted octanol–water partition coefficient (Wildman–Crippen LogP) is 1.58. The van der Waals surface area contributed by atoms with E-state index in [-0.39, 0.29) is 12.1 Å². The van der Waals surface area contributed by atoms with Crippen LogP contribution in [0.2, 0.25) is 0 Å². The number of aromatic nitrogens is 4. The van der Waals surface area contributed by atoms with Crippen LogP contribution in [0.1, 0.15) is 36.3 Å². The van der Waals surface area contributed by atoms with Crippen molar-refractivity contribution in [3.8, 4) is 0 Å². The van der Waals surface area contributed by atoms with E-state index in [1.165, 1.54) is 0 Å². The maximum absolute atomic E-state index is 13.4. The van der Waals surface area contributed by atoms with Crippen LogP contribution in [-0.4, -0.2) is 57.6 Å². The van der Waals surface area contributed by atoms with Crippen molar-refractivity contribution in [1.82, 2.24) is 24.1 Å². The van der Waals surface area contributed by atoms with E-state index < -0.39 is 10.0 Å². The molecule has 27 heavy (non-hydrogen) atoms. The zero-order valence-corrected chi connectivity index (χ0v) is 17.3. The third kappa shape index (κ3) is 2.84. The van der Waals surface area contributed by atoms with Crippen molar-refractivity contribution in [1.29, 1.82) is 0 Å². The molecule has 2 aromatic rings. The minimum Gasteiger partial charge on any atom is -0.353 e. The van der Waals surface area contributed by atoms with Crippen molar-refractivity contribution in [2.24, 2.45) is 0 Å². The van der Waals surface area contributed by atoms with Gasteiger partial charge in [-0.1, -0.05) is 0 Å². The average molecular weight is 391 g/mol. The van der Waals surface area contributed by atoms with Crippen molar-refractivity contribution >= 4 is 15.8 Å². The molecule has 8 nitrogen and oxygen atoms in total. The number of anilines is 1. The lowest BCUT2D eigenvalue weighted by atomic mass is 9.91. The lowest BCUT2D eigenvalue weighted by molar-refractivity contribution is 0.0873. The smallest absolute Gasteiger partial charge is 0.247 e. The lowest BCUT2D eigenvalue weighted by Gasteiger charge is -2.55. The standard InChI is InChI=1S/C18H26N6O2S/c1-6-23-13(4)18(12(3)21-23)27(25,26)24-15-8-16(24)10-22(9-15)17-7-11(2)19-14(5)20-17/h7,15-16H,6,8-10H2,1-5H3. The molecule has 0 amide bonds. The van der Waals surface area contributed by atoms with Crippen molar-refractivity contribution in [2.45, 2.75) is 64.6 Å². The molecule has 5 heterocycles. The highest BCUT2D eigenvalue weighted by Gasteiger charge is 2.52. The molecule has 9 heteroatoms. The summed E-state index contributed by atoms with van der Waals surface area (Å²) < 4.78 is 30.2. The van der Waals surface area contributed by atoms with Crippen LogP contribution in [0.4, 0.5) is 5.82 Å². The minimum absolute atomic E-state index is 0.0203. The Morgan fingerprint density at radius 3 is 2.33 bits per heavy atom. The van der Waals surface area contributed by atoms with Crippen LogP contribution in [0.15, 0.2) is 11.0 Å². The highest BCUT2D eigenvalue weighted by Crippen LogP contribution is 2.40. The molecule has 0 spiro atoms. The molecule has 3 fully saturated rings. The van der Waals surface area contributed by atoms with E-state index >= 15 is 0 Å². The first-order valence-corrected chi connectivity index (χ1v) is 10.8. The lowest BCUT2D eigenvalue weighted by Crippen LogP contribution is -2.70. The maximum atomic E-state index is 13.4. The van der Waals surface area contributed by atoms with Gasteiger partial charge in [-0.25, -0.2) is 18.4 Å². The van der Waals surface area contributed by atoms with Crippen LogP contribution >= 0.6 is 0 Å². The van der Waals surface area contributed by atoms with Crippen LogP contribution in [0.3, 0.4) is 0 Å². The summed E-state index contributed by atoms with van der Waals surface area (Å²) in [4.78, 5) is 11.4. The molecule has 2 atom stereocenters. The van der Waals surface area contributed by atoms with Gasteiger partial charge in [0, 0.05) is 43.5 Å². The first-order chi connectivity index (χ1) is 12.7. The summed E-state index contributed by atoms with van der Waals surface area (Å²) in [6.07, 6.45) is 0.902. The zero-order valence-electron chi connectivity index (χ0n) is 16.5. The van der Waals surface area contributed by atoms with E-state index in [9.17, 15) is 8.42 Å². The van der Waals surface area contributed by atoms with Crippen molar-refractivity contribution in [3.63, 3.8) is 0 Å². The fraction of sp³-hybridized carbons (Fsp3) is 0.611. The topological polar surface area (TPSA) is 84.2 Å². The number of piperazine rings is 1. The van der Waals surface area contributed by atoms with Crippen LogP contribution < -0.4 is 4.90 Å². The summed E-state index contributed by atoms with van der Waals surface area (Å²) >= 11 is 0. The number of aryl methyl sites for hydroxylation is 4. The third-order valence-corrected chi connectivity index (χ3v) is 7.81. The highest BCUT2D eigenvalue weighted by molar-refractivity contribution is 7.89. The van der Waals surface area contributed by atoms with E-state index in [0.717, 1.165) is 29.5 Å². The number of piperidine rings is 1. The first kappa shape index (κ1) is 18.4. The number of fused-ring (bicyclic) bond motifs is 2. The fourth-order valence-corrected chi connectivity index (χ4v) is 6.68. The zero-order chi connectivity index (χ0) is 19.5. The van der Waals surface area contributed by atoms with Crippen molar-refractivity contribution in [3.05, 3.63) is 29.0 Å². The van der Waals surface area contributed by atoms with Crippen LogP contribution in [0, 0.1) is 27.7 Å². The molecule has 3 aliphatic rings. The Bertz CT molecular complexity index is 967. The molecule has 3 saturated heterocycles. The third-order valence-electron chi connectivity index (χ3n) is 5.55. The Hall–Kier alpha value is -2.00. The van der Waals surface area contributed by atoms with Gasteiger partial charge in [0.05, 0.1) is 11.4 Å². The maximum Gasteiger partial charge on any atom is 0.247 e. The molecule has 146 valence electrons. The van der Waals surface area contributed by atoms with E-state index in [1.807, 2.05) is 33.8 Å². The molecular weight excluding hydrogens is 364 g/mol. The van der Waals surface area contributed by atoms with Gasteiger partial charge < -0.3 is 4.90 Å². The normalized spacial score (nSPS) is 22.8. The number of sulfonamides is 1. The molecule has 5 rings (SSSR count). The van der Waals surface area contributed by atoms with Crippen LogP contribution in [-0.2, 0) is 16.6 Å². The Morgan fingerprint density at radius 1 is 1.11 bits per heavy atom. The van der Waals surface area contributed by atoms with Gasteiger partial charge >= 0.3 is 0 Å². The van der Waals surface area contributed by atoms with E-state index in [2.05, 4.69) is 20.0 Å². The first-order valence-electron chi connectivity index (χ1n) is 9.37. The van der Waals surface area contributed by atoms with E-state index in [1.54, 1.807) is 15.9 Å². The Balaban J connectivity index is 1.61.